The van der Waals surface area contributed by atoms with Gasteiger partial charge in [-0.15, -0.1) is 0 Å². The van der Waals surface area contributed by atoms with Crippen LogP contribution in [0.15, 0.2) is 71.1 Å². The monoisotopic (exact) mass is 521 g/mol. The molecule has 37 heavy (non-hydrogen) atoms. The largest absolute Gasteiger partial charge is 0.492 e. The lowest BCUT2D eigenvalue weighted by Crippen LogP contribution is -2.38. The fourth-order valence-electron chi connectivity index (χ4n) is 3.93. The van der Waals surface area contributed by atoms with Crippen LogP contribution in [-0.2, 0) is 11.3 Å². The highest BCUT2D eigenvalue weighted by Crippen LogP contribution is 2.24. The zero-order valence-corrected chi connectivity index (χ0v) is 21.0. The fraction of sp³-hybridized carbons (Fsp3) is 0.259. The number of nitrogens with one attached hydrogen (secondary N) is 3. The molecule has 0 unspecified atom stereocenters. The summed E-state index contributed by atoms with van der Waals surface area (Å²) in [6.45, 7) is 5.44. The number of amides is 2. The van der Waals surface area contributed by atoms with Crippen LogP contribution < -0.4 is 20.7 Å². The van der Waals surface area contributed by atoms with Gasteiger partial charge in [-0.2, -0.15) is 4.98 Å². The standard InChI is InChI=1S/C27H28ClN5O4/c28-20-2-1-3-22(16-20)31-26(34)30-21-6-4-19(5-7-21)18-29-27-32-24-9-8-23(17-25(24)37-27)36-15-12-33-10-13-35-14-11-33/h1-9,16-17H,10-15,18H2,(H,29,32)(H2,30,31,34). The second kappa shape index (κ2) is 12.0. The minimum absolute atomic E-state index is 0.343. The highest BCUT2D eigenvalue weighted by molar-refractivity contribution is 6.30. The zero-order chi connectivity index (χ0) is 25.5. The molecule has 2 heterocycles. The SMILES string of the molecule is O=C(Nc1ccc(CNc2nc3ccc(OCCN4CCOCC4)cc3o2)cc1)Nc1cccc(Cl)c1. The lowest BCUT2D eigenvalue weighted by atomic mass is 10.2. The van der Waals surface area contributed by atoms with Crippen molar-refractivity contribution in [3.05, 3.63) is 77.3 Å². The quantitative estimate of drug-likeness (QED) is 0.269. The Morgan fingerprint density at radius 1 is 1.00 bits per heavy atom. The molecule has 1 saturated heterocycles. The summed E-state index contributed by atoms with van der Waals surface area (Å²) in [5, 5.41) is 9.32. The first-order valence-electron chi connectivity index (χ1n) is 12.1. The van der Waals surface area contributed by atoms with Gasteiger partial charge in [0.2, 0.25) is 0 Å². The molecule has 0 atom stereocenters. The van der Waals surface area contributed by atoms with Crippen LogP contribution in [0.4, 0.5) is 22.2 Å². The number of morpholine rings is 1. The number of hydrogen-bond donors (Lipinski definition) is 3. The third-order valence-electron chi connectivity index (χ3n) is 5.88. The summed E-state index contributed by atoms with van der Waals surface area (Å²) in [5.41, 5.74) is 3.72. The van der Waals surface area contributed by atoms with E-state index in [-0.39, 0.29) is 6.03 Å². The van der Waals surface area contributed by atoms with Gasteiger partial charge in [-0.3, -0.25) is 4.90 Å². The van der Waals surface area contributed by atoms with E-state index in [0.29, 0.717) is 41.1 Å². The van der Waals surface area contributed by atoms with Crippen molar-refractivity contribution in [3.8, 4) is 5.75 Å². The highest BCUT2D eigenvalue weighted by Gasteiger charge is 2.11. The molecule has 0 spiro atoms. The first-order valence-corrected chi connectivity index (χ1v) is 12.5. The van der Waals surface area contributed by atoms with Gasteiger partial charge >= 0.3 is 6.03 Å². The molecule has 9 nitrogen and oxygen atoms in total. The van der Waals surface area contributed by atoms with Crippen LogP contribution in [0.3, 0.4) is 0 Å². The van der Waals surface area contributed by atoms with Crippen LogP contribution >= 0.6 is 11.6 Å². The number of ether oxygens (including phenoxy) is 2. The summed E-state index contributed by atoms with van der Waals surface area (Å²) in [5.74, 6) is 0.756. The number of aromatic nitrogens is 1. The molecule has 0 radical (unpaired) electrons. The molecule has 0 saturated carbocycles. The predicted molar refractivity (Wildman–Crippen MR) is 145 cm³/mol. The Hall–Kier alpha value is -3.79. The topological polar surface area (TPSA) is 101 Å². The third kappa shape index (κ3) is 7.13. The Kier molecular flexibility index (Phi) is 8.05. The molecule has 10 heteroatoms. The molecule has 5 rings (SSSR count). The molecule has 3 aromatic carbocycles. The third-order valence-corrected chi connectivity index (χ3v) is 6.11. The van der Waals surface area contributed by atoms with E-state index in [0.717, 1.165) is 49.7 Å². The molecule has 1 aromatic heterocycles. The van der Waals surface area contributed by atoms with Gasteiger partial charge in [-0.25, -0.2) is 4.79 Å². The first-order chi connectivity index (χ1) is 18.1. The zero-order valence-electron chi connectivity index (χ0n) is 20.2. The smallest absolute Gasteiger partial charge is 0.323 e. The van der Waals surface area contributed by atoms with Crippen LogP contribution in [0, 0.1) is 0 Å². The molecule has 4 aromatic rings. The molecule has 1 fully saturated rings. The Morgan fingerprint density at radius 3 is 2.62 bits per heavy atom. The second-order valence-electron chi connectivity index (χ2n) is 8.59. The van der Waals surface area contributed by atoms with Crippen LogP contribution in [0.2, 0.25) is 5.02 Å². The number of nitrogens with zero attached hydrogens (tertiary/aromatic N) is 2. The fourth-order valence-corrected chi connectivity index (χ4v) is 4.12. The Bertz CT molecular complexity index is 1340. The van der Waals surface area contributed by atoms with Gasteiger partial charge in [0.05, 0.1) is 13.2 Å². The number of halogens is 1. The molecule has 2 amide bonds. The van der Waals surface area contributed by atoms with E-state index >= 15 is 0 Å². The van der Waals surface area contributed by atoms with E-state index in [9.17, 15) is 4.79 Å². The number of anilines is 3. The summed E-state index contributed by atoms with van der Waals surface area (Å²) in [7, 11) is 0. The van der Waals surface area contributed by atoms with Crippen molar-refractivity contribution in [2.24, 2.45) is 0 Å². The number of hydrogen-bond acceptors (Lipinski definition) is 7. The number of fused-ring (bicyclic) bond motifs is 1. The molecular weight excluding hydrogens is 494 g/mol. The summed E-state index contributed by atoms with van der Waals surface area (Å²) in [6, 6.07) is 20.2. The van der Waals surface area contributed by atoms with Crippen molar-refractivity contribution >= 4 is 46.1 Å². The Balaban J connectivity index is 1.10. The van der Waals surface area contributed by atoms with E-state index in [1.807, 2.05) is 42.5 Å². The number of oxazole rings is 1. The van der Waals surface area contributed by atoms with Crippen molar-refractivity contribution in [3.63, 3.8) is 0 Å². The lowest BCUT2D eigenvalue weighted by molar-refractivity contribution is 0.0322. The van der Waals surface area contributed by atoms with Crippen LogP contribution in [0.1, 0.15) is 5.56 Å². The Labute approximate surface area is 219 Å². The van der Waals surface area contributed by atoms with Crippen LogP contribution in [0.5, 0.6) is 5.75 Å². The molecule has 3 N–H and O–H groups in total. The van der Waals surface area contributed by atoms with Crippen molar-refractivity contribution in [2.75, 3.05) is 55.4 Å². The van der Waals surface area contributed by atoms with Crippen molar-refractivity contribution < 1.29 is 18.7 Å². The predicted octanol–water partition coefficient (Wildman–Crippen LogP) is 5.45. The number of carbonyl (C=O) groups excluding carboxylic acids is 1. The summed E-state index contributed by atoms with van der Waals surface area (Å²) >= 11 is 5.95. The normalized spacial score (nSPS) is 13.9. The van der Waals surface area contributed by atoms with Crippen LogP contribution in [0.25, 0.3) is 11.1 Å². The van der Waals surface area contributed by atoms with E-state index < -0.39 is 0 Å². The summed E-state index contributed by atoms with van der Waals surface area (Å²) < 4.78 is 17.1. The van der Waals surface area contributed by atoms with Gasteiger partial charge in [0.1, 0.15) is 17.9 Å². The summed E-state index contributed by atoms with van der Waals surface area (Å²) in [6.07, 6.45) is 0. The van der Waals surface area contributed by atoms with Gasteiger partial charge < -0.3 is 29.8 Å². The van der Waals surface area contributed by atoms with Crippen molar-refractivity contribution in [1.29, 1.82) is 0 Å². The summed E-state index contributed by atoms with van der Waals surface area (Å²) in [4.78, 5) is 19.0. The van der Waals surface area contributed by atoms with E-state index in [1.54, 1.807) is 24.3 Å². The minimum atomic E-state index is -0.343. The van der Waals surface area contributed by atoms with E-state index in [1.165, 1.54) is 0 Å². The van der Waals surface area contributed by atoms with E-state index in [4.69, 9.17) is 25.5 Å². The van der Waals surface area contributed by atoms with Gasteiger partial charge in [-0.1, -0.05) is 29.8 Å². The Morgan fingerprint density at radius 2 is 1.81 bits per heavy atom. The maximum atomic E-state index is 12.2. The molecule has 192 valence electrons. The van der Waals surface area contributed by atoms with Crippen LogP contribution in [-0.4, -0.2) is 55.4 Å². The van der Waals surface area contributed by atoms with Gasteiger partial charge in [0.15, 0.2) is 5.58 Å². The maximum absolute atomic E-state index is 12.2. The average Bonchev–Trinajstić information content (AvgIpc) is 3.31. The maximum Gasteiger partial charge on any atom is 0.323 e. The number of benzene rings is 3. The first kappa shape index (κ1) is 24.9. The molecular formula is C27H28ClN5O4. The molecule has 0 aliphatic carbocycles. The van der Waals surface area contributed by atoms with E-state index in [2.05, 4.69) is 25.8 Å². The molecule has 1 aliphatic rings. The lowest BCUT2D eigenvalue weighted by Gasteiger charge is -2.26. The van der Waals surface area contributed by atoms with Crippen molar-refractivity contribution in [2.45, 2.75) is 6.54 Å². The highest BCUT2D eigenvalue weighted by atomic mass is 35.5. The minimum Gasteiger partial charge on any atom is -0.492 e. The molecule has 1 aliphatic heterocycles. The second-order valence-corrected chi connectivity index (χ2v) is 9.03. The molecule has 0 bridgehead atoms. The van der Waals surface area contributed by atoms with Crippen molar-refractivity contribution in [1.82, 2.24) is 9.88 Å². The number of carbonyl (C=O) groups is 1. The average molecular weight is 522 g/mol. The van der Waals surface area contributed by atoms with Gasteiger partial charge in [-0.05, 0) is 48.0 Å². The van der Waals surface area contributed by atoms with Gasteiger partial charge in [0, 0.05) is 48.6 Å². The number of urea groups is 1. The number of rotatable bonds is 9. The van der Waals surface area contributed by atoms with Gasteiger partial charge in [0.25, 0.3) is 6.01 Å².